The number of esters is 1. The third-order valence-electron chi connectivity index (χ3n) is 5.69. The summed E-state index contributed by atoms with van der Waals surface area (Å²) in [7, 11) is 0. The minimum Gasteiger partial charge on any atom is -0.461 e. The van der Waals surface area contributed by atoms with Crippen molar-refractivity contribution < 1.29 is 14.4 Å². The van der Waals surface area contributed by atoms with E-state index < -0.39 is 11.5 Å². The van der Waals surface area contributed by atoms with E-state index in [2.05, 4.69) is 46.9 Å². The number of rotatable bonds is 11. The van der Waals surface area contributed by atoms with E-state index in [0.717, 1.165) is 16.7 Å². The Bertz CT molecular complexity index is 1210. The average Bonchev–Trinajstić information content (AvgIpc) is 3.39. The molecule has 0 saturated heterocycles. The van der Waals surface area contributed by atoms with Crippen molar-refractivity contribution in [2.24, 2.45) is 11.1 Å². The monoisotopic (exact) mass is 513 g/mol. The van der Waals surface area contributed by atoms with Crippen LogP contribution in [0, 0.1) is 5.92 Å². The second kappa shape index (κ2) is 12.3. The lowest BCUT2D eigenvalue weighted by atomic mass is 9.77. The molecule has 0 spiro atoms. The van der Waals surface area contributed by atoms with E-state index in [1.165, 1.54) is 11.3 Å². The van der Waals surface area contributed by atoms with Crippen LogP contribution in [0.15, 0.2) is 102 Å². The molecular weight excluding hydrogens is 482 g/mol. The Labute approximate surface area is 222 Å². The number of nitrogens with one attached hydrogen (secondary N) is 1. The Morgan fingerprint density at radius 1 is 0.919 bits per heavy atom. The molecule has 7 heteroatoms. The Hall–Kier alpha value is -3.97. The number of carbonyl (C=O) groups excluding carboxylic acids is 1. The molecule has 0 atom stereocenters. The molecule has 0 unspecified atom stereocenters. The highest BCUT2D eigenvalue weighted by atomic mass is 32.1. The van der Waals surface area contributed by atoms with Gasteiger partial charge in [0.2, 0.25) is 5.71 Å². The molecule has 0 fully saturated rings. The standard InChI is InChI=1S/C30H31N3O3S/c1-4-35-28(34)27(33-36-20-22(2)3)26-21-37-29(31-26)32-30(23-14-8-5-9-15-23,24-16-10-6-11-17-24)25-18-12-7-13-19-25/h5-19,21-22H,4,20H2,1-3H3,(H,31,32)/b33-27+. The van der Waals surface area contributed by atoms with Gasteiger partial charge in [-0.15, -0.1) is 11.3 Å². The first-order chi connectivity index (χ1) is 18.0. The fourth-order valence-corrected chi connectivity index (χ4v) is 4.77. The van der Waals surface area contributed by atoms with Crippen LogP contribution in [-0.2, 0) is 19.9 Å². The van der Waals surface area contributed by atoms with Gasteiger partial charge in [-0.3, -0.25) is 0 Å². The van der Waals surface area contributed by atoms with Crippen LogP contribution in [0.4, 0.5) is 5.13 Å². The highest BCUT2D eigenvalue weighted by Gasteiger charge is 2.37. The van der Waals surface area contributed by atoms with Crippen LogP contribution >= 0.6 is 11.3 Å². The van der Waals surface area contributed by atoms with E-state index in [-0.39, 0.29) is 18.2 Å². The average molecular weight is 514 g/mol. The van der Waals surface area contributed by atoms with Gasteiger partial charge in [-0.2, -0.15) is 0 Å². The lowest BCUT2D eigenvalue weighted by Crippen LogP contribution is -2.38. The van der Waals surface area contributed by atoms with Crippen LogP contribution in [0.1, 0.15) is 43.2 Å². The second-order valence-corrected chi connectivity index (χ2v) is 9.72. The van der Waals surface area contributed by atoms with E-state index in [9.17, 15) is 4.79 Å². The first kappa shape index (κ1) is 26.1. The van der Waals surface area contributed by atoms with Gasteiger partial charge in [0.15, 0.2) is 5.13 Å². The summed E-state index contributed by atoms with van der Waals surface area (Å²) in [5, 5.41) is 10.2. The number of hydrogen-bond donors (Lipinski definition) is 1. The maximum Gasteiger partial charge on any atom is 0.362 e. The summed E-state index contributed by atoms with van der Waals surface area (Å²) < 4.78 is 5.23. The number of oxime groups is 1. The van der Waals surface area contributed by atoms with Gasteiger partial charge < -0.3 is 14.9 Å². The zero-order valence-electron chi connectivity index (χ0n) is 21.3. The lowest BCUT2D eigenvalue weighted by molar-refractivity contribution is -0.135. The lowest BCUT2D eigenvalue weighted by Gasteiger charge is -2.36. The zero-order valence-corrected chi connectivity index (χ0v) is 22.1. The molecule has 4 rings (SSSR count). The van der Waals surface area contributed by atoms with E-state index in [1.54, 1.807) is 12.3 Å². The molecule has 190 valence electrons. The summed E-state index contributed by atoms with van der Waals surface area (Å²) in [6, 6.07) is 30.8. The van der Waals surface area contributed by atoms with Crippen molar-refractivity contribution in [3.05, 3.63) is 119 Å². The molecule has 0 aliphatic heterocycles. The zero-order chi connectivity index (χ0) is 26.1. The van der Waals surface area contributed by atoms with E-state index >= 15 is 0 Å². The summed E-state index contributed by atoms with van der Waals surface area (Å²) in [4.78, 5) is 22.9. The third-order valence-corrected chi connectivity index (χ3v) is 6.45. The highest BCUT2D eigenvalue weighted by molar-refractivity contribution is 7.14. The summed E-state index contributed by atoms with van der Waals surface area (Å²) in [6.07, 6.45) is 0. The third kappa shape index (κ3) is 6.06. The molecule has 37 heavy (non-hydrogen) atoms. The van der Waals surface area contributed by atoms with Gasteiger partial charge in [0.1, 0.15) is 17.8 Å². The first-order valence-corrected chi connectivity index (χ1v) is 13.2. The van der Waals surface area contributed by atoms with Gasteiger partial charge in [0, 0.05) is 5.38 Å². The molecule has 0 amide bonds. The summed E-state index contributed by atoms with van der Waals surface area (Å²) in [5.74, 6) is -0.299. The van der Waals surface area contributed by atoms with Gasteiger partial charge in [0.25, 0.3) is 0 Å². The molecule has 1 heterocycles. The maximum atomic E-state index is 12.7. The molecular formula is C30H31N3O3S. The number of anilines is 1. The molecule has 0 radical (unpaired) electrons. The number of nitrogens with zero attached hydrogens (tertiary/aromatic N) is 2. The maximum absolute atomic E-state index is 12.7. The van der Waals surface area contributed by atoms with Crippen LogP contribution in [-0.4, -0.2) is 29.9 Å². The van der Waals surface area contributed by atoms with Crippen molar-refractivity contribution in [1.82, 2.24) is 4.98 Å². The van der Waals surface area contributed by atoms with E-state index in [0.29, 0.717) is 17.4 Å². The second-order valence-electron chi connectivity index (χ2n) is 8.86. The molecule has 4 aromatic rings. The van der Waals surface area contributed by atoms with Crippen LogP contribution < -0.4 is 5.32 Å². The van der Waals surface area contributed by atoms with E-state index in [4.69, 9.17) is 14.6 Å². The van der Waals surface area contributed by atoms with Crippen LogP contribution in [0.5, 0.6) is 0 Å². The number of carbonyl (C=O) groups is 1. The number of thiazole rings is 1. The molecule has 1 N–H and O–H groups in total. The number of ether oxygens (including phenoxy) is 1. The Morgan fingerprint density at radius 2 is 1.43 bits per heavy atom. The Morgan fingerprint density at radius 3 is 1.89 bits per heavy atom. The normalized spacial score (nSPS) is 11.8. The van der Waals surface area contributed by atoms with E-state index in [1.807, 2.05) is 68.4 Å². The van der Waals surface area contributed by atoms with Crippen LogP contribution in [0.25, 0.3) is 0 Å². The van der Waals surface area contributed by atoms with Gasteiger partial charge in [-0.1, -0.05) is 110 Å². The largest absolute Gasteiger partial charge is 0.461 e. The summed E-state index contributed by atoms with van der Waals surface area (Å²) >= 11 is 1.40. The summed E-state index contributed by atoms with van der Waals surface area (Å²) in [6.45, 7) is 6.40. The fourth-order valence-electron chi connectivity index (χ4n) is 4.02. The van der Waals surface area contributed by atoms with Crippen LogP contribution in [0.3, 0.4) is 0 Å². The smallest absolute Gasteiger partial charge is 0.362 e. The van der Waals surface area contributed by atoms with Gasteiger partial charge >= 0.3 is 5.97 Å². The predicted molar refractivity (Wildman–Crippen MR) is 149 cm³/mol. The minimum atomic E-state index is -0.728. The van der Waals surface area contributed by atoms with Crippen molar-refractivity contribution >= 4 is 28.1 Å². The van der Waals surface area contributed by atoms with Crippen LogP contribution in [0.2, 0.25) is 0 Å². The molecule has 6 nitrogen and oxygen atoms in total. The molecule has 0 bridgehead atoms. The van der Waals surface area contributed by atoms with Crippen molar-refractivity contribution in [2.45, 2.75) is 26.3 Å². The minimum absolute atomic E-state index is 0.0523. The molecule has 3 aromatic carbocycles. The van der Waals surface area contributed by atoms with Gasteiger partial charge in [0.05, 0.1) is 6.61 Å². The molecule has 0 aliphatic rings. The highest BCUT2D eigenvalue weighted by Crippen LogP contribution is 2.40. The number of benzene rings is 3. The Kier molecular flexibility index (Phi) is 8.69. The quantitative estimate of drug-likeness (QED) is 0.107. The number of aromatic nitrogens is 1. The van der Waals surface area contributed by atoms with Gasteiger partial charge in [-0.25, -0.2) is 9.78 Å². The van der Waals surface area contributed by atoms with Crippen molar-refractivity contribution in [3.8, 4) is 0 Å². The number of hydrogen-bond acceptors (Lipinski definition) is 7. The molecule has 1 aromatic heterocycles. The van der Waals surface area contributed by atoms with Gasteiger partial charge in [-0.05, 0) is 29.5 Å². The first-order valence-electron chi connectivity index (χ1n) is 12.3. The van der Waals surface area contributed by atoms with Crippen molar-refractivity contribution in [1.29, 1.82) is 0 Å². The predicted octanol–water partition coefficient (Wildman–Crippen LogP) is 6.49. The SMILES string of the molecule is CCOC(=O)/C(=N/OCC(C)C)c1csc(NC(c2ccccc2)(c2ccccc2)c2ccccc2)n1. The van der Waals surface area contributed by atoms with Crippen molar-refractivity contribution in [2.75, 3.05) is 18.5 Å². The molecule has 0 saturated carbocycles. The molecule has 0 aliphatic carbocycles. The van der Waals surface area contributed by atoms with Crippen molar-refractivity contribution in [3.63, 3.8) is 0 Å². The Balaban J connectivity index is 1.80. The fraction of sp³-hybridized carbons (Fsp3) is 0.233. The summed E-state index contributed by atoms with van der Waals surface area (Å²) in [5.41, 5.74) is 2.90. The topological polar surface area (TPSA) is 72.8 Å².